The first kappa shape index (κ1) is 12.7. The van der Waals surface area contributed by atoms with Crippen molar-refractivity contribution >= 4 is 29.0 Å². The van der Waals surface area contributed by atoms with Crippen LogP contribution in [0.1, 0.15) is 22.0 Å². The molecular formula is C15H10Cl2O2. The van der Waals surface area contributed by atoms with E-state index in [1.807, 2.05) is 12.1 Å². The number of hydrogen-bond donors (Lipinski definition) is 0. The van der Waals surface area contributed by atoms with Crippen molar-refractivity contribution in [3.8, 4) is 0 Å². The van der Waals surface area contributed by atoms with Gasteiger partial charge in [0.25, 0.3) is 0 Å². The largest absolute Gasteiger partial charge is 0.356 e. The predicted molar refractivity (Wildman–Crippen MR) is 74.8 cm³/mol. The van der Waals surface area contributed by atoms with Crippen molar-refractivity contribution in [2.45, 2.75) is 12.2 Å². The summed E-state index contributed by atoms with van der Waals surface area (Å²) in [5.74, 6) is -0.0170. The van der Waals surface area contributed by atoms with Gasteiger partial charge in [0.15, 0.2) is 11.9 Å². The Labute approximate surface area is 120 Å². The molecule has 0 amide bonds. The molecule has 0 aliphatic carbocycles. The number of ether oxygens (including phenoxy) is 1. The number of hydrogen-bond acceptors (Lipinski definition) is 2. The van der Waals surface area contributed by atoms with Crippen LogP contribution in [-0.2, 0) is 4.74 Å². The summed E-state index contributed by atoms with van der Waals surface area (Å²) in [6.45, 7) is 0. The van der Waals surface area contributed by atoms with Gasteiger partial charge in [0.1, 0.15) is 6.10 Å². The van der Waals surface area contributed by atoms with E-state index in [0.717, 1.165) is 5.56 Å². The first-order valence-corrected chi connectivity index (χ1v) is 6.61. The Bertz CT molecular complexity index is 605. The highest BCUT2D eigenvalue weighted by molar-refractivity contribution is 6.30. The van der Waals surface area contributed by atoms with Crippen LogP contribution in [0.4, 0.5) is 0 Å². The molecule has 0 radical (unpaired) electrons. The lowest BCUT2D eigenvalue weighted by atomic mass is 10.0. The number of rotatable bonds is 3. The number of epoxide rings is 1. The van der Waals surface area contributed by atoms with E-state index in [2.05, 4.69) is 0 Å². The molecule has 1 fully saturated rings. The molecule has 0 unspecified atom stereocenters. The summed E-state index contributed by atoms with van der Waals surface area (Å²) in [6.07, 6.45) is -0.567. The maximum Gasteiger partial charge on any atom is 0.194 e. The molecule has 96 valence electrons. The molecule has 19 heavy (non-hydrogen) atoms. The summed E-state index contributed by atoms with van der Waals surface area (Å²) in [6, 6.07) is 14.2. The molecule has 1 saturated heterocycles. The van der Waals surface area contributed by atoms with Gasteiger partial charge in [0.2, 0.25) is 0 Å². The maximum absolute atomic E-state index is 12.2. The minimum Gasteiger partial charge on any atom is -0.356 e. The molecule has 0 aromatic heterocycles. The monoisotopic (exact) mass is 292 g/mol. The van der Waals surface area contributed by atoms with Crippen LogP contribution in [0.5, 0.6) is 0 Å². The average Bonchev–Trinajstić information content (AvgIpc) is 3.20. The van der Waals surface area contributed by atoms with Crippen LogP contribution in [0.15, 0.2) is 48.5 Å². The molecule has 0 bridgehead atoms. The standard InChI is InChI=1S/C15H10Cl2O2/c16-11-5-1-9(2-6-11)13(18)15-14(19-15)10-3-7-12(17)8-4-10/h1-8,14-15H/t14-,15-/m1/s1. The third kappa shape index (κ3) is 2.66. The second-order valence-corrected chi connectivity index (χ2v) is 5.27. The van der Waals surface area contributed by atoms with Gasteiger partial charge < -0.3 is 4.74 Å². The SMILES string of the molecule is O=C(c1ccc(Cl)cc1)[C@H]1O[C@@H]1c1ccc(Cl)cc1. The Hall–Kier alpha value is -1.35. The van der Waals surface area contributed by atoms with E-state index in [0.29, 0.717) is 15.6 Å². The fraction of sp³-hybridized carbons (Fsp3) is 0.133. The number of Topliss-reactive ketones (excluding diaryl/α,β-unsaturated/α-hetero) is 1. The molecule has 0 saturated carbocycles. The zero-order valence-electron chi connectivity index (χ0n) is 9.85. The van der Waals surface area contributed by atoms with Crippen molar-refractivity contribution in [1.82, 2.24) is 0 Å². The lowest BCUT2D eigenvalue weighted by Crippen LogP contribution is -2.07. The van der Waals surface area contributed by atoms with Crippen LogP contribution < -0.4 is 0 Å². The van der Waals surface area contributed by atoms with E-state index < -0.39 is 6.10 Å². The number of ketones is 1. The van der Waals surface area contributed by atoms with Crippen molar-refractivity contribution in [3.05, 3.63) is 69.7 Å². The summed E-state index contributed by atoms with van der Waals surface area (Å²) in [5, 5.41) is 1.28. The zero-order valence-corrected chi connectivity index (χ0v) is 11.4. The highest BCUT2D eigenvalue weighted by Crippen LogP contribution is 2.40. The predicted octanol–water partition coefficient (Wildman–Crippen LogP) is 4.32. The molecule has 1 heterocycles. The van der Waals surface area contributed by atoms with Gasteiger partial charge in [-0.25, -0.2) is 0 Å². The fourth-order valence-corrected chi connectivity index (χ4v) is 2.25. The summed E-state index contributed by atoms with van der Waals surface area (Å²) >= 11 is 11.6. The Morgan fingerprint density at radius 2 is 1.42 bits per heavy atom. The van der Waals surface area contributed by atoms with Crippen molar-refractivity contribution in [3.63, 3.8) is 0 Å². The fourth-order valence-electron chi connectivity index (χ4n) is 2.00. The lowest BCUT2D eigenvalue weighted by molar-refractivity contribution is 0.0953. The zero-order chi connectivity index (χ0) is 13.4. The highest BCUT2D eigenvalue weighted by Gasteiger charge is 2.46. The molecule has 2 aromatic carbocycles. The molecule has 1 aliphatic rings. The molecule has 1 aliphatic heterocycles. The normalized spacial score (nSPS) is 21.2. The molecular weight excluding hydrogens is 283 g/mol. The van der Waals surface area contributed by atoms with Gasteiger partial charge in [-0.3, -0.25) is 4.79 Å². The Kier molecular flexibility index (Phi) is 3.31. The smallest absolute Gasteiger partial charge is 0.194 e. The minimum absolute atomic E-state index is 0.0170. The van der Waals surface area contributed by atoms with Gasteiger partial charge in [-0.05, 0) is 42.0 Å². The second-order valence-electron chi connectivity index (χ2n) is 4.40. The Morgan fingerprint density at radius 1 is 0.895 bits per heavy atom. The van der Waals surface area contributed by atoms with Gasteiger partial charge >= 0.3 is 0 Å². The van der Waals surface area contributed by atoms with Gasteiger partial charge in [-0.1, -0.05) is 35.3 Å². The number of benzene rings is 2. The molecule has 2 aromatic rings. The van der Waals surface area contributed by atoms with Crippen molar-refractivity contribution in [2.75, 3.05) is 0 Å². The summed E-state index contributed by atoms with van der Waals surface area (Å²) < 4.78 is 5.46. The van der Waals surface area contributed by atoms with E-state index in [9.17, 15) is 4.79 Å². The van der Waals surface area contributed by atoms with Crippen molar-refractivity contribution in [1.29, 1.82) is 0 Å². The first-order chi connectivity index (χ1) is 9.15. The molecule has 3 rings (SSSR count). The quantitative estimate of drug-likeness (QED) is 0.623. The summed E-state index contributed by atoms with van der Waals surface area (Å²) in [7, 11) is 0. The minimum atomic E-state index is -0.401. The topological polar surface area (TPSA) is 29.6 Å². The van der Waals surface area contributed by atoms with Crippen LogP contribution in [-0.4, -0.2) is 11.9 Å². The average molecular weight is 293 g/mol. The third-order valence-electron chi connectivity index (χ3n) is 3.08. The third-order valence-corrected chi connectivity index (χ3v) is 3.58. The van der Waals surface area contributed by atoms with Crippen LogP contribution in [0, 0.1) is 0 Å². The van der Waals surface area contributed by atoms with Crippen molar-refractivity contribution in [2.24, 2.45) is 0 Å². The van der Waals surface area contributed by atoms with Crippen LogP contribution in [0.25, 0.3) is 0 Å². The van der Waals surface area contributed by atoms with Gasteiger partial charge in [-0.15, -0.1) is 0 Å². The maximum atomic E-state index is 12.2. The molecule has 0 N–H and O–H groups in total. The van der Waals surface area contributed by atoms with Crippen LogP contribution >= 0.6 is 23.2 Å². The first-order valence-electron chi connectivity index (χ1n) is 5.86. The number of carbonyl (C=O) groups excluding carboxylic acids is 1. The Balaban J connectivity index is 1.74. The molecule has 4 heteroatoms. The van der Waals surface area contributed by atoms with E-state index in [1.54, 1.807) is 36.4 Å². The van der Waals surface area contributed by atoms with Crippen molar-refractivity contribution < 1.29 is 9.53 Å². The van der Waals surface area contributed by atoms with E-state index in [4.69, 9.17) is 27.9 Å². The Morgan fingerprint density at radius 3 is 2.00 bits per heavy atom. The van der Waals surface area contributed by atoms with Gasteiger partial charge in [0.05, 0.1) is 0 Å². The molecule has 2 atom stereocenters. The molecule has 2 nitrogen and oxygen atoms in total. The number of halogens is 2. The second kappa shape index (κ2) is 4.97. The molecule has 0 spiro atoms. The van der Waals surface area contributed by atoms with E-state index in [-0.39, 0.29) is 11.9 Å². The lowest BCUT2D eigenvalue weighted by Gasteiger charge is -1.98. The summed E-state index contributed by atoms with van der Waals surface area (Å²) in [4.78, 5) is 12.2. The van der Waals surface area contributed by atoms with Gasteiger partial charge in [0, 0.05) is 15.6 Å². The summed E-state index contributed by atoms with van der Waals surface area (Å²) in [5.41, 5.74) is 1.59. The van der Waals surface area contributed by atoms with Crippen LogP contribution in [0.3, 0.4) is 0 Å². The van der Waals surface area contributed by atoms with Crippen LogP contribution in [0.2, 0.25) is 10.0 Å². The van der Waals surface area contributed by atoms with E-state index in [1.165, 1.54) is 0 Å². The highest BCUT2D eigenvalue weighted by atomic mass is 35.5. The van der Waals surface area contributed by atoms with E-state index >= 15 is 0 Å². The van der Waals surface area contributed by atoms with Gasteiger partial charge in [-0.2, -0.15) is 0 Å². The number of carbonyl (C=O) groups is 1.